The number of aryl methyl sites for hydroxylation is 2. The van der Waals surface area contributed by atoms with Crippen LogP contribution in [0.5, 0.6) is 0 Å². The van der Waals surface area contributed by atoms with Gasteiger partial charge < -0.3 is 0 Å². The average molecular weight is 546 g/mol. The third-order valence-corrected chi connectivity index (χ3v) is 8.85. The highest BCUT2D eigenvalue weighted by Crippen LogP contribution is 2.15. The van der Waals surface area contributed by atoms with Crippen LogP contribution in [0.4, 0.5) is 0 Å². The minimum absolute atomic E-state index is 1.22. The van der Waals surface area contributed by atoms with Crippen LogP contribution in [0.25, 0.3) is 0 Å². The average Bonchev–Trinajstić information content (AvgIpc) is 3.33. The van der Waals surface area contributed by atoms with Crippen LogP contribution < -0.4 is 4.57 Å². The molecule has 2 nitrogen and oxygen atoms in total. The van der Waals surface area contributed by atoms with Gasteiger partial charge in [-0.15, -0.1) is 0 Å². The zero-order valence-corrected chi connectivity index (χ0v) is 27.5. The van der Waals surface area contributed by atoms with Crippen LogP contribution in [0, 0.1) is 0 Å². The largest absolute Gasteiger partial charge is 0.256 e. The van der Waals surface area contributed by atoms with Crippen LogP contribution in [0.1, 0.15) is 206 Å². The van der Waals surface area contributed by atoms with Crippen LogP contribution in [0.3, 0.4) is 0 Å². The van der Waals surface area contributed by atoms with Crippen LogP contribution in [0.15, 0.2) is 12.4 Å². The summed E-state index contributed by atoms with van der Waals surface area (Å²) in [6, 6.07) is 0. The van der Waals surface area contributed by atoms with E-state index in [0.717, 1.165) is 0 Å². The fourth-order valence-electron chi connectivity index (χ4n) is 6.15. The van der Waals surface area contributed by atoms with Crippen LogP contribution >= 0.6 is 0 Å². The first kappa shape index (κ1) is 36.2. The molecule has 0 spiro atoms. The van der Waals surface area contributed by atoms with Crippen molar-refractivity contribution >= 4 is 0 Å². The Morgan fingerprint density at radius 1 is 0.436 bits per heavy atom. The predicted molar refractivity (Wildman–Crippen MR) is 175 cm³/mol. The van der Waals surface area contributed by atoms with Gasteiger partial charge in [-0.05, 0) is 32.1 Å². The molecule has 1 rings (SSSR count). The van der Waals surface area contributed by atoms with Gasteiger partial charge in [-0.3, -0.25) is 0 Å². The fourth-order valence-corrected chi connectivity index (χ4v) is 6.15. The van der Waals surface area contributed by atoms with Gasteiger partial charge in [-0.2, -0.15) is 0 Å². The molecule has 0 saturated carbocycles. The van der Waals surface area contributed by atoms with Gasteiger partial charge in [0.2, 0.25) is 0 Å². The standard InChI is InChI=1S/C37H73N2/c1-4-7-10-13-15-16-17-18-19-20-21-22-23-25-28-31-34-39-36-35-38(33-30-27-12-9-6-3)37(39)32-29-26-24-14-11-8-5-2/h35-36H,4-34H2,1-3H3/q+1. The maximum Gasteiger partial charge on any atom is 0.256 e. The Kier molecular flexibility index (Phi) is 26.7. The lowest BCUT2D eigenvalue weighted by Gasteiger charge is -2.07. The van der Waals surface area contributed by atoms with Crippen molar-refractivity contribution in [3.05, 3.63) is 18.2 Å². The van der Waals surface area contributed by atoms with E-state index in [1.807, 2.05) is 0 Å². The van der Waals surface area contributed by atoms with E-state index in [4.69, 9.17) is 0 Å². The minimum atomic E-state index is 1.22. The van der Waals surface area contributed by atoms with Crippen molar-refractivity contribution in [1.82, 2.24) is 4.57 Å². The number of rotatable bonds is 31. The summed E-state index contributed by atoms with van der Waals surface area (Å²) in [5.74, 6) is 1.61. The molecule has 0 fully saturated rings. The predicted octanol–water partition coefficient (Wildman–Crippen LogP) is 12.3. The topological polar surface area (TPSA) is 8.81 Å². The zero-order valence-electron chi connectivity index (χ0n) is 27.5. The maximum atomic E-state index is 2.62. The van der Waals surface area contributed by atoms with Gasteiger partial charge in [-0.1, -0.05) is 168 Å². The quantitative estimate of drug-likeness (QED) is 0.0648. The molecule has 1 heterocycles. The van der Waals surface area contributed by atoms with Crippen LogP contribution in [0.2, 0.25) is 0 Å². The molecule has 0 saturated heterocycles. The molecule has 0 atom stereocenters. The third-order valence-electron chi connectivity index (χ3n) is 8.85. The Labute approximate surface area is 247 Å². The normalized spacial score (nSPS) is 11.6. The lowest BCUT2D eigenvalue weighted by atomic mass is 10.0. The van der Waals surface area contributed by atoms with Crippen molar-refractivity contribution in [3.8, 4) is 0 Å². The lowest BCUT2D eigenvalue weighted by Crippen LogP contribution is -2.37. The summed E-state index contributed by atoms with van der Waals surface area (Å²) in [4.78, 5) is 0. The van der Waals surface area contributed by atoms with Crippen LogP contribution in [-0.4, -0.2) is 4.57 Å². The van der Waals surface area contributed by atoms with Gasteiger partial charge in [-0.25, -0.2) is 9.13 Å². The van der Waals surface area contributed by atoms with Crippen molar-refractivity contribution in [2.45, 2.75) is 220 Å². The second-order valence-corrected chi connectivity index (χ2v) is 12.7. The van der Waals surface area contributed by atoms with Gasteiger partial charge in [0, 0.05) is 6.42 Å². The van der Waals surface area contributed by atoms with Gasteiger partial charge in [0.15, 0.2) is 0 Å². The monoisotopic (exact) mass is 546 g/mol. The highest BCUT2D eigenvalue weighted by Gasteiger charge is 2.16. The Hall–Kier alpha value is -0.790. The Morgan fingerprint density at radius 2 is 0.795 bits per heavy atom. The summed E-state index contributed by atoms with van der Waals surface area (Å²) >= 11 is 0. The van der Waals surface area contributed by atoms with Crippen molar-refractivity contribution in [3.63, 3.8) is 0 Å². The van der Waals surface area contributed by atoms with E-state index >= 15 is 0 Å². The van der Waals surface area contributed by atoms with Gasteiger partial charge >= 0.3 is 0 Å². The number of aromatic nitrogens is 2. The summed E-state index contributed by atoms with van der Waals surface area (Å²) in [6.45, 7) is 9.39. The molecule has 39 heavy (non-hydrogen) atoms. The van der Waals surface area contributed by atoms with Crippen molar-refractivity contribution in [2.75, 3.05) is 0 Å². The minimum Gasteiger partial charge on any atom is -0.234 e. The third kappa shape index (κ3) is 21.6. The summed E-state index contributed by atoms with van der Waals surface area (Å²) < 4.78 is 5.22. The molecule has 0 bridgehead atoms. The highest BCUT2D eigenvalue weighted by atomic mass is 15.1. The van der Waals surface area contributed by atoms with E-state index in [1.165, 1.54) is 199 Å². The first-order valence-electron chi connectivity index (χ1n) is 18.4. The molecule has 0 amide bonds. The molecule has 1 aromatic rings. The Bertz CT molecular complexity index is 605. The van der Waals surface area contributed by atoms with Crippen molar-refractivity contribution < 1.29 is 4.57 Å². The molecular formula is C37H73N2+. The Balaban J connectivity index is 2.17. The fraction of sp³-hybridized carbons (Fsp3) is 0.919. The summed E-state index contributed by atoms with van der Waals surface area (Å²) in [6.07, 6.45) is 45.9. The molecule has 0 aliphatic heterocycles. The van der Waals surface area contributed by atoms with E-state index in [0.29, 0.717) is 0 Å². The molecule has 1 aromatic heterocycles. The molecule has 0 N–H and O–H groups in total. The van der Waals surface area contributed by atoms with Gasteiger partial charge in [0.1, 0.15) is 12.4 Å². The van der Waals surface area contributed by atoms with Gasteiger partial charge in [0.05, 0.1) is 13.1 Å². The smallest absolute Gasteiger partial charge is 0.234 e. The first-order chi connectivity index (χ1) is 19.3. The van der Waals surface area contributed by atoms with E-state index < -0.39 is 0 Å². The van der Waals surface area contributed by atoms with Crippen molar-refractivity contribution in [1.29, 1.82) is 0 Å². The number of imidazole rings is 1. The van der Waals surface area contributed by atoms with Crippen molar-refractivity contribution in [2.24, 2.45) is 0 Å². The maximum absolute atomic E-state index is 2.62. The molecule has 0 radical (unpaired) electrons. The number of nitrogens with zero attached hydrogens (tertiary/aromatic N) is 2. The first-order valence-corrected chi connectivity index (χ1v) is 18.4. The van der Waals surface area contributed by atoms with E-state index in [9.17, 15) is 0 Å². The number of unbranched alkanes of at least 4 members (excludes halogenated alkanes) is 25. The number of hydrogen-bond donors (Lipinski definition) is 0. The lowest BCUT2D eigenvalue weighted by molar-refractivity contribution is -0.704. The van der Waals surface area contributed by atoms with E-state index in [-0.39, 0.29) is 0 Å². The summed E-state index contributed by atoms with van der Waals surface area (Å²) in [5, 5.41) is 0. The van der Waals surface area contributed by atoms with Crippen LogP contribution in [-0.2, 0) is 19.5 Å². The Morgan fingerprint density at radius 3 is 1.23 bits per heavy atom. The molecule has 0 unspecified atom stereocenters. The molecule has 0 aliphatic carbocycles. The summed E-state index contributed by atoms with van der Waals surface area (Å²) in [7, 11) is 0. The molecule has 2 heteroatoms. The second kappa shape index (κ2) is 28.7. The SMILES string of the molecule is CCCCCCCCCCCCCCCCCC[n+]1ccn(CCCCCCC)c1CCCCCCCCC. The molecular weight excluding hydrogens is 472 g/mol. The number of hydrogen-bond acceptors (Lipinski definition) is 0. The molecule has 0 aromatic carbocycles. The van der Waals surface area contributed by atoms with E-state index in [1.54, 1.807) is 5.82 Å². The van der Waals surface area contributed by atoms with E-state index in [2.05, 4.69) is 42.3 Å². The second-order valence-electron chi connectivity index (χ2n) is 12.7. The van der Waals surface area contributed by atoms with Gasteiger partial charge in [0.25, 0.3) is 5.82 Å². The zero-order chi connectivity index (χ0) is 28.1. The highest BCUT2D eigenvalue weighted by molar-refractivity contribution is 4.84. The molecule has 230 valence electrons. The molecule has 0 aliphatic rings. The summed E-state index contributed by atoms with van der Waals surface area (Å²) in [5.41, 5.74) is 0.